The average Bonchev–Trinajstić information content (AvgIpc) is 2.46. The molecule has 0 fully saturated rings. The van der Waals surface area contributed by atoms with Crippen LogP contribution in [-0.2, 0) is 12.8 Å². The van der Waals surface area contributed by atoms with Crippen molar-refractivity contribution in [3.05, 3.63) is 23.0 Å². The van der Waals surface area contributed by atoms with E-state index in [1.54, 1.807) is 0 Å². The summed E-state index contributed by atoms with van der Waals surface area (Å²) in [5.41, 5.74) is 2.83. The number of hydrogen-bond acceptors (Lipinski definition) is 2. The van der Waals surface area contributed by atoms with Gasteiger partial charge in [-0.1, -0.05) is 0 Å². The smallest absolute Gasteiger partial charge is 0.166 e. The SMILES string of the molecule is O=Cc1cc2c([nH]1)CCC(O)C2. The molecule has 1 unspecified atom stereocenters. The van der Waals surface area contributed by atoms with Crippen LogP contribution in [0.3, 0.4) is 0 Å². The van der Waals surface area contributed by atoms with Gasteiger partial charge in [0, 0.05) is 12.1 Å². The number of rotatable bonds is 1. The van der Waals surface area contributed by atoms with E-state index in [9.17, 15) is 9.90 Å². The number of fused-ring (bicyclic) bond motifs is 1. The number of H-pyrrole nitrogens is 1. The van der Waals surface area contributed by atoms with E-state index in [2.05, 4.69) is 4.98 Å². The zero-order chi connectivity index (χ0) is 8.55. The maximum absolute atomic E-state index is 10.4. The lowest BCUT2D eigenvalue weighted by Crippen LogP contribution is -2.17. The van der Waals surface area contributed by atoms with Gasteiger partial charge in [-0.15, -0.1) is 0 Å². The Balaban J connectivity index is 2.34. The fourth-order valence-electron chi connectivity index (χ4n) is 1.70. The molecule has 12 heavy (non-hydrogen) atoms. The van der Waals surface area contributed by atoms with E-state index >= 15 is 0 Å². The van der Waals surface area contributed by atoms with Crippen molar-refractivity contribution in [2.24, 2.45) is 0 Å². The monoisotopic (exact) mass is 165 g/mol. The predicted molar refractivity (Wildman–Crippen MR) is 44.2 cm³/mol. The molecule has 64 valence electrons. The molecule has 0 saturated carbocycles. The van der Waals surface area contributed by atoms with Crippen molar-refractivity contribution in [3.63, 3.8) is 0 Å². The van der Waals surface area contributed by atoms with E-state index in [4.69, 9.17) is 0 Å². The number of aromatic amines is 1. The van der Waals surface area contributed by atoms with Crippen molar-refractivity contribution in [1.82, 2.24) is 4.98 Å². The van der Waals surface area contributed by atoms with Crippen molar-refractivity contribution >= 4 is 6.29 Å². The van der Waals surface area contributed by atoms with Crippen LogP contribution in [0.4, 0.5) is 0 Å². The molecule has 1 aliphatic carbocycles. The molecule has 2 rings (SSSR count). The first kappa shape index (κ1) is 7.55. The molecule has 0 aliphatic heterocycles. The van der Waals surface area contributed by atoms with Gasteiger partial charge in [-0.05, 0) is 24.5 Å². The molecule has 3 heteroatoms. The van der Waals surface area contributed by atoms with Gasteiger partial charge in [0.05, 0.1) is 11.8 Å². The van der Waals surface area contributed by atoms with Gasteiger partial charge < -0.3 is 10.1 Å². The van der Waals surface area contributed by atoms with Gasteiger partial charge in [-0.2, -0.15) is 0 Å². The number of aryl methyl sites for hydroxylation is 1. The summed E-state index contributed by atoms with van der Waals surface area (Å²) in [4.78, 5) is 13.4. The Kier molecular flexibility index (Phi) is 1.73. The summed E-state index contributed by atoms with van der Waals surface area (Å²) in [6.45, 7) is 0. The highest BCUT2D eigenvalue weighted by atomic mass is 16.3. The van der Waals surface area contributed by atoms with Gasteiger partial charge in [-0.3, -0.25) is 4.79 Å². The molecule has 0 spiro atoms. The minimum Gasteiger partial charge on any atom is -0.393 e. The van der Waals surface area contributed by atoms with E-state index in [1.165, 1.54) is 0 Å². The zero-order valence-electron chi connectivity index (χ0n) is 6.71. The quantitative estimate of drug-likeness (QED) is 0.601. The Hall–Kier alpha value is -1.09. The maximum Gasteiger partial charge on any atom is 0.166 e. The van der Waals surface area contributed by atoms with Crippen molar-refractivity contribution in [3.8, 4) is 0 Å². The van der Waals surface area contributed by atoms with Gasteiger partial charge in [0.2, 0.25) is 0 Å². The van der Waals surface area contributed by atoms with Gasteiger partial charge in [0.1, 0.15) is 0 Å². The summed E-state index contributed by atoms with van der Waals surface area (Å²) in [6.07, 6.45) is 2.91. The number of aliphatic hydroxyl groups excluding tert-OH is 1. The first-order valence-corrected chi connectivity index (χ1v) is 4.13. The highest BCUT2D eigenvalue weighted by Crippen LogP contribution is 2.21. The van der Waals surface area contributed by atoms with Crippen LogP contribution in [0, 0.1) is 0 Å². The van der Waals surface area contributed by atoms with E-state index in [0.29, 0.717) is 12.1 Å². The lowest BCUT2D eigenvalue weighted by Gasteiger charge is -2.16. The third-order valence-electron chi connectivity index (χ3n) is 2.32. The number of hydrogen-bond donors (Lipinski definition) is 2. The molecule has 0 saturated heterocycles. The molecular weight excluding hydrogens is 154 g/mol. The Morgan fingerprint density at radius 3 is 3.25 bits per heavy atom. The van der Waals surface area contributed by atoms with E-state index in [0.717, 1.165) is 30.4 Å². The number of carbonyl (C=O) groups excluding carboxylic acids is 1. The van der Waals surface area contributed by atoms with Crippen molar-refractivity contribution in [2.75, 3.05) is 0 Å². The topological polar surface area (TPSA) is 53.1 Å². The predicted octanol–water partition coefficient (Wildman–Crippen LogP) is 0.677. The zero-order valence-corrected chi connectivity index (χ0v) is 6.71. The molecule has 0 radical (unpaired) electrons. The van der Waals surface area contributed by atoms with Crippen LogP contribution in [0.2, 0.25) is 0 Å². The fourth-order valence-corrected chi connectivity index (χ4v) is 1.70. The molecule has 3 nitrogen and oxygen atoms in total. The summed E-state index contributed by atoms with van der Waals surface area (Å²) in [7, 11) is 0. The molecule has 2 N–H and O–H groups in total. The van der Waals surface area contributed by atoms with Crippen LogP contribution < -0.4 is 0 Å². The Bertz CT molecular complexity index is 303. The largest absolute Gasteiger partial charge is 0.393 e. The number of aromatic nitrogens is 1. The Labute approximate surface area is 70.4 Å². The highest BCUT2D eigenvalue weighted by Gasteiger charge is 2.18. The molecule has 0 bridgehead atoms. The van der Waals surface area contributed by atoms with Crippen LogP contribution in [0.5, 0.6) is 0 Å². The number of nitrogens with one attached hydrogen (secondary N) is 1. The number of aliphatic hydroxyl groups is 1. The first-order chi connectivity index (χ1) is 5.79. The Morgan fingerprint density at radius 1 is 1.67 bits per heavy atom. The summed E-state index contributed by atoms with van der Waals surface area (Å²) >= 11 is 0. The van der Waals surface area contributed by atoms with Crippen molar-refractivity contribution < 1.29 is 9.90 Å². The van der Waals surface area contributed by atoms with Gasteiger partial charge in [-0.25, -0.2) is 0 Å². The summed E-state index contributed by atoms with van der Waals surface area (Å²) < 4.78 is 0. The average molecular weight is 165 g/mol. The first-order valence-electron chi connectivity index (χ1n) is 4.13. The van der Waals surface area contributed by atoms with Crippen LogP contribution in [0.15, 0.2) is 6.07 Å². The fraction of sp³-hybridized carbons (Fsp3) is 0.444. The van der Waals surface area contributed by atoms with Crippen molar-refractivity contribution in [2.45, 2.75) is 25.4 Å². The van der Waals surface area contributed by atoms with Crippen molar-refractivity contribution in [1.29, 1.82) is 0 Å². The minimum atomic E-state index is -0.229. The third-order valence-corrected chi connectivity index (χ3v) is 2.32. The summed E-state index contributed by atoms with van der Waals surface area (Å²) in [5, 5.41) is 9.34. The van der Waals surface area contributed by atoms with Gasteiger partial charge >= 0.3 is 0 Å². The standard InChI is InChI=1S/C9H11NO2/c11-5-7-3-6-4-8(12)1-2-9(6)10-7/h3,5,8,10,12H,1-2,4H2. The summed E-state index contributed by atoms with van der Waals surface area (Å²) in [5.74, 6) is 0. The second-order valence-corrected chi connectivity index (χ2v) is 3.24. The Morgan fingerprint density at radius 2 is 2.50 bits per heavy atom. The second-order valence-electron chi connectivity index (χ2n) is 3.24. The van der Waals surface area contributed by atoms with E-state index in [-0.39, 0.29) is 6.10 Å². The minimum absolute atomic E-state index is 0.229. The second kappa shape index (κ2) is 2.75. The van der Waals surface area contributed by atoms with Crippen LogP contribution in [0.25, 0.3) is 0 Å². The lowest BCUT2D eigenvalue weighted by molar-refractivity contribution is 0.111. The maximum atomic E-state index is 10.4. The van der Waals surface area contributed by atoms with Crippen LogP contribution in [0.1, 0.15) is 28.2 Å². The molecule has 1 aromatic heterocycles. The number of aldehydes is 1. The number of carbonyl (C=O) groups is 1. The van der Waals surface area contributed by atoms with Gasteiger partial charge in [0.25, 0.3) is 0 Å². The summed E-state index contributed by atoms with van der Waals surface area (Å²) in [6, 6.07) is 1.82. The molecule has 1 atom stereocenters. The van der Waals surface area contributed by atoms with Gasteiger partial charge in [0.15, 0.2) is 6.29 Å². The highest BCUT2D eigenvalue weighted by molar-refractivity contribution is 5.72. The normalized spacial score (nSPS) is 21.9. The van der Waals surface area contributed by atoms with Crippen LogP contribution in [-0.4, -0.2) is 22.5 Å². The van der Waals surface area contributed by atoms with Crippen LogP contribution >= 0.6 is 0 Å². The molecule has 1 aromatic rings. The molecule has 0 amide bonds. The lowest BCUT2D eigenvalue weighted by atomic mass is 9.96. The molecule has 1 heterocycles. The molecule has 0 aromatic carbocycles. The third kappa shape index (κ3) is 1.16. The van der Waals surface area contributed by atoms with E-state index in [1.807, 2.05) is 6.07 Å². The van der Waals surface area contributed by atoms with E-state index < -0.39 is 0 Å². The molecule has 1 aliphatic rings. The molecular formula is C9H11NO2.